The van der Waals surface area contributed by atoms with Gasteiger partial charge in [0.1, 0.15) is 24.4 Å². The fourth-order valence-electron chi connectivity index (χ4n) is 2.56. The van der Waals surface area contributed by atoms with Crippen LogP contribution in [0.5, 0.6) is 17.2 Å². The van der Waals surface area contributed by atoms with Gasteiger partial charge in [-0.3, -0.25) is 0 Å². The van der Waals surface area contributed by atoms with Crippen LogP contribution in [0.1, 0.15) is 5.56 Å². The molecule has 2 rings (SSSR count). The molecule has 1 aromatic carbocycles. The normalized spacial score (nSPS) is 28.1. The zero-order chi connectivity index (χ0) is 20.1. The van der Waals surface area contributed by atoms with Gasteiger partial charge < -0.3 is 44.5 Å². The Balaban J connectivity index is 2.35. The Morgan fingerprint density at radius 1 is 1.11 bits per heavy atom. The molecular weight excluding hydrogens is 364 g/mol. The molecule has 0 spiro atoms. The molecule has 0 saturated carbocycles. The summed E-state index contributed by atoms with van der Waals surface area (Å²) in [4.78, 5) is 10.7. The quantitative estimate of drug-likeness (QED) is 0.368. The molecule has 0 amide bonds. The third-order valence-electron chi connectivity index (χ3n) is 3.98. The second-order valence-electron chi connectivity index (χ2n) is 5.74. The third-order valence-corrected chi connectivity index (χ3v) is 3.98. The Bertz CT molecular complexity index is 661. The van der Waals surface area contributed by atoms with Gasteiger partial charge in [-0.2, -0.15) is 0 Å². The van der Waals surface area contributed by atoms with Crippen molar-refractivity contribution in [2.24, 2.45) is 0 Å². The molecule has 5 N–H and O–H groups in total. The molecule has 0 radical (unpaired) electrons. The van der Waals surface area contributed by atoms with Gasteiger partial charge in [-0.15, -0.1) is 0 Å². The summed E-state index contributed by atoms with van der Waals surface area (Å²) in [6.45, 7) is -0.599. The number of aliphatic hydroxyl groups is 4. The monoisotopic (exact) mass is 386 g/mol. The highest BCUT2D eigenvalue weighted by Gasteiger charge is 2.45. The molecule has 0 bridgehead atoms. The number of carboxylic acid groups (broad SMARTS) is 1. The highest BCUT2D eigenvalue weighted by molar-refractivity contribution is 5.85. The molecule has 0 aliphatic carbocycles. The van der Waals surface area contributed by atoms with Crippen molar-refractivity contribution in [1.82, 2.24) is 0 Å². The molecule has 1 aromatic rings. The van der Waals surface area contributed by atoms with Crippen LogP contribution in [-0.2, 0) is 9.53 Å². The Morgan fingerprint density at radius 3 is 2.19 bits per heavy atom. The number of methoxy groups -OCH3 is 2. The van der Waals surface area contributed by atoms with E-state index < -0.39 is 43.3 Å². The summed E-state index contributed by atoms with van der Waals surface area (Å²) in [7, 11) is 2.69. The van der Waals surface area contributed by atoms with E-state index in [0.717, 1.165) is 6.08 Å². The standard InChI is InChI=1S/C17H22O10/c1-24-9-5-8(3-4-12(19)20)6-10(25-2)16(9)27-17-15(23)14(22)13(21)11(7-18)26-17/h3-6,11,13-15,17-18,21-23H,7H2,1-2H3,(H,19,20). The van der Waals surface area contributed by atoms with E-state index in [9.17, 15) is 25.2 Å². The maximum absolute atomic E-state index is 10.7. The van der Waals surface area contributed by atoms with Crippen molar-refractivity contribution in [3.8, 4) is 17.2 Å². The van der Waals surface area contributed by atoms with Gasteiger partial charge in [0.2, 0.25) is 12.0 Å². The first-order chi connectivity index (χ1) is 12.8. The van der Waals surface area contributed by atoms with Crippen LogP contribution in [-0.4, -0.2) is 83.0 Å². The summed E-state index contributed by atoms with van der Waals surface area (Å²) in [6.07, 6.45) is -5.03. The SMILES string of the molecule is COc1cc(C=CC(=O)O)cc(OC)c1OC1OC(CO)C(O)C(O)C1O. The number of aliphatic hydroxyl groups excluding tert-OH is 4. The summed E-state index contributed by atoms with van der Waals surface area (Å²) in [6, 6.07) is 2.95. The van der Waals surface area contributed by atoms with Crippen molar-refractivity contribution in [1.29, 1.82) is 0 Å². The highest BCUT2D eigenvalue weighted by Crippen LogP contribution is 2.40. The third kappa shape index (κ3) is 4.67. The Kier molecular flexibility index (Phi) is 6.99. The molecular formula is C17H22O10. The van der Waals surface area contributed by atoms with Crippen LogP contribution >= 0.6 is 0 Å². The molecule has 10 nitrogen and oxygen atoms in total. The fraction of sp³-hybridized carbons (Fsp3) is 0.471. The molecule has 150 valence electrons. The fourth-order valence-corrected chi connectivity index (χ4v) is 2.56. The zero-order valence-corrected chi connectivity index (χ0v) is 14.7. The molecule has 1 heterocycles. The molecule has 1 aliphatic heterocycles. The first-order valence-electron chi connectivity index (χ1n) is 7.96. The predicted molar refractivity (Wildman–Crippen MR) is 90.6 cm³/mol. The number of rotatable bonds is 7. The number of carboxylic acids is 1. The minimum Gasteiger partial charge on any atom is -0.493 e. The van der Waals surface area contributed by atoms with Crippen molar-refractivity contribution in [3.05, 3.63) is 23.8 Å². The molecule has 5 unspecified atom stereocenters. The lowest BCUT2D eigenvalue weighted by molar-refractivity contribution is -0.277. The van der Waals surface area contributed by atoms with Crippen LogP contribution in [0.2, 0.25) is 0 Å². The second-order valence-corrected chi connectivity index (χ2v) is 5.74. The van der Waals surface area contributed by atoms with Crippen LogP contribution in [0.4, 0.5) is 0 Å². The number of aliphatic carboxylic acids is 1. The van der Waals surface area contributed by atoms with Crippen molar-refractivity contribution < 1.29 is 49.3 Å². The number of ether oxygens (including phenoxy) is 4. The smallest absolute Gasteiger partial charge is 0.328 e. The van der Waals surface area contributed by atoms with Gasteiger partial charge in [0.15, 0.2) is 11.5 Å². The lowest BCUT2D eigenvalue weighted by Gasteiger charge is -2.39. The Hall–Kier alpha value is -2.37. The number of hydrogen-bond acceptors (Lipinski definition) is 9. The largest absolute Gasteiger partial charge is 0.493 e. The van der Waals surface area contributed by atoms with Crippen molar-refractivity contribution in [3.63, 3.8) is 0 Å². The zero-order valence-electron chi connectivity index (χ0n) is 14.7. The molecule has 5 atom stereocenters. The molecule has 1 saturated heterocycles. The predicted octanol–water partition coefficient (Wildman–Crippen LogP) is -1.02. The maximum Gasteiger partial charge on any atom is 0.328 e. The van der Waals surface area contributed by atoms with E-state index in [1.54, 1.807) is 0 Å². The number of hydrogen-bond donors (Lipinski definition) is 5. The van der Waals surface area contributed by atoms with E-state index in [1.807, 2.05) is 0 Å². The van der Waals surface area contributed by atoms with E-state index in [1.165, 1.54) is 32.4 Å². The lowest BCUT2D eigenvalue weighted by Crippen LogP contribution is -2.60. The first kappa shape index (κ1) is 20.9. The number of benzene rings is 1. The second kappa shape index (κ2) is 9.02. The van der Waals surface area contributed by atoms with Gasteiger partial charge in [-0.25, -0.2) is 4.79 Å². The highest BCUT2D eigenvalue weighted by atomic mass is 16.7. The van der Waals surface area contributed by atoms with Crippen LogP contribution in [0.25, 0.3) is 6.08 Å². The Labute approximate surface area is 154 Å². The first-order valence-corrected chi connectivity index (χ1v) is 7.96. The molecule has 1 fully saturated rings. The van der Waals surface area contributed by atoms with Crippen LogP contribution < -0.4 is 14.2 Å². The minimum atomic E-state index is -1.61. The van der Waals surface area contributed by atoms with Gasteiger partial charge in [-0.05, 0) is 23.8 Å². The summed E-state index contributed by atoms with van der Waals surface area (Å²) < 4.78 is 21.4. The minimum absolute atomic E-state index is 0.0248. The van der Waals surface area contributed by atoms with Crippen LogP contribution in [0.3, 0.4) is 0 Å². The molecule has 10 heteroatoms. The summed E-state index contributed by atoms with van der Waals surface area (Å²) >= 11 is 0. The summed E-state index contributed by atoms with van der Waals surface area (Å²) in [5.74, 6) is -0.806. The lowest BCUT2D eigenvalue weighted by atomic mass is 9.99. The van der Waals surface area contributed by atoms with Crippen LogP contribution in [0, 0.1) is 0 Å². The Morgan fingerprint density at radius 2 is 1.70 bits per heavy atom. The molecule has 0 aromatic heterocycles. The van der Waals surface area contributed by atoms with Crippen molar-refractivity contribution in [2.45, 2.75) is 30.7 Å². The summed E-state index contributed by atoms with van der Waals surface area (Å²) in [5, 5.41) is 47.8. The van der Waals surface area contributed by atoms with Gasteiger partial charge in [-0.1, -0.05) is 0 Å². The molecule has 1 aliphatic rings. The summed E-state index contributed by atoms with van der Waals surface area (Å²) in [5.41, 5.74) is 0.451. The van der Waals surface area contributed by atoms with Gasteiger partial charge >= 0.3 is 5.97 Å². The van der Waals surface area contributed by atoms with Crippen molar-refractivity contribution >= 4 is 12.0 Å². The van der Waals surface area contributed by atoms with E-state index in [-0.39, 0.29) is 17.2 Å². The van der Waals surface area contributed by atoms with Crippen molar-refractivity contribution in [2.75, 3.05) is 20.8 Å². The average molecular weight is 386 g/mol. The van der Waals surface area contributed by atoms with E-state index >= 15 is 0 Å². The van der Waals surface area contributed by atoms with Gasteiger partial charge in [0.05, 0.1) is 20.8 Å². The topological polar surface area (TPSA) is 155 Å². The maximum atomic E-state index is 10.7. The van der Waals surface area contributed by atoms with Crippen LogP contribution in [0.15, 0.2) is 18.2 Å². The van der Waals surface area contributed by atoms with Gasteiger partial charge in [0.25, 0.3) is 0 Å². The number of carbonyl (C=O) groups is 1. The average Bonchev–Trinajstić information content (AvgIpc) is 2.66. The van der Waals surface area contributed by atoms with E-state index in [4.69, 9.17) is 24.1 Å². The van der Waals surface area contributed by atoms with E-state index in [0.29, 0.717) is 5.56 Å². The van der Waals surface area contributed by atoms with Gasteiger partial charge in [0, 0.05) is 6.08 Å². The molecule has 27 heavy (non-hydrogen) atoms. The van der Waals surface area contributed by atoms with E-state index in [2.05, 4.69) is 0 Å².